The summed E-state index contributed by atoms with van der Waals surface area (Å²) in [4.78, 5) is 13.0. The fraction of sp³-hybridized carbons (Fsp3) is 0.211. The number of para-hydroxylation sites is 1. The van der Waals surface area contributed by atoms with E-state index in [2.05, 4.69) is 15.5 Å². The SMILES string of the molecule is COc1ccccc1-c1nnc(NC(=O)CCCSc2ccc(F)cc2)o1. The molecule has 1 amide bonds. The largest absolute Gasteiger partial charge is 0.496 e. The Hall–Kier alpha value is -2.87. The van der Waals surface area contributed by atoms with E-state index >= 15 is 0 Å². The molecule has 0 aliphatic heterocycles. The smallest absolute Gasteiger partial charge is 0.322 e. The number of nitrogens with one attached hydrogen (secondary N) is 1. The first-order chi connectivity index (χ1) is 13.2. The number of halogens is 1. The highest BCUT2D eigenvalue weighted by molar-refractivity contribution is 7.99. The maximum Gasteiger partial charge on any atom is 0.322 e. The molecule has 0 aliphatic carbocycles. The van der Waals surface area contributed by atoms with Gasteiger partial charge in [-0.2, -0.15) is 0 Å². The zero-order valence-electron chi connectivity index (χ0n) is 14.6. The molecule has 0 atom stereocenters. The van der Waals surface area contributed by atoms with Crippen molar-refractivity contribution in [2.24, 2.45) is 0 Å². The molecule has 1 heterocycles. The van der Waals surface area contributed by atoms with Crippen molar-refractivity contribution in [3.63, 3.8) is 0 Å². The molecule has 0 bridgehead atoms. The van der Waals surface area contributed by atoms with Gasteiger partial charge in [0.15, 0.2) is 0 Å². The van der Waals surface area contributed by atoms with Crippen LogP contribution in [-0.2, 0) is 4.79 Å². The Morgan fingerprint density at radius 1 is 1.19 bits per heavy atom. The third-order valence-corrected chi connectivity index (χ3v) is 4.74. The second-order valence-electron chi connectivity index (χ2n) is 5.57. The predicted molar refractivity (Wildman–Crippen MR) is 101 cm³/mol. The molecule has 0 spiro atoms. The van der Waals surface area contributed by atoms with Crippen LogP contribution < -0.4 is 10.1 Å². The molecule has 140 valence electrons. The highest BCUT2D eigenvalue weighted by Crippen LogP contribution is 2.29. The minimum atomic E-state index is -0.259. The number of amides is 1. The van der Waals surface area contributed by atoms with E-state index in [-0.39, 0.29) is 23.6 Å². The predicted octanol–water partition coefficient (Wildman–Crippen LogP) is 4.40. The Kier molecular flexibility index (Phi) is 6.43. The Morgan fingerprint density at radius 3 is 2.74 bits per heavy atom. The summed E-state index contributed by atoms with van der Waals surface area (Å²) in [6.45, 7) is 0. The molecule has 3 rings (SSSR count). The van der Waals surface area contributed by atoms with Gasteiger partial charge < -0.3 is 9.15 Å². The number of benzene rings is 2. The van der Waals surface area contributed by atoms with Crippen molar-refractivity contribution < 1.29 is 18.3 Å². The van der Waals surface area contributed by atoms with Crippen molar-refractivity contribution >= 4 is 23.7 Å². The summed E-state index contributed by atoms with van der Waals surface area (Å²) in [6, 6.07) is 13.6. The molecule has 27 heavy (non-hydrogen) atoms. The average molecular weight is 387 g/mol. The highest BCUT2D eigenvalue weighted by atomic mass is 32.2. The third kappa shape index (κ3) is 5.30. The Balaban J connectivity index is 1.47. The molecule has 1 aromatic heterocycles. The van der Waals surface area contributed by atoms with Crippen molar-refractivity contribution in [3.8, 4) is 17.2 Å². The van der Waals surface area contributed by atoms with Gasteiger partial charge in [0.2, 0.25) is 5.91 Å². The van der Waals surface area contributed by atoms with Gasteiger partial charge in [0, 0.05) is 11.3 Å². The van der Waals surface area contributed by atoms with Gasteiger partial charge in [0.1, 0.15) is 11.6 Å². The maximum absolute atomic E-state index is 12.9. The van der Waals surface area contributed by atoms with E-state index < -0.39 is 0 Å². The molecule has 0 saturated carbocycles. The summed E-state index contributed by atoms with van der Waals surface area (Å²) < 4.78 is 23.6. The van der Waals surface area contributed by atoms with Gasteiger partial charge in [-0.3, -0.25) is 10.1 Å². The number of nitrogens with zero attached hydrogens (tertiary/aromatic N) is 2. The van der Waals surface area contributed by atoms with Crippen LogP contribution in [0.1, 0.15) is 12.8 Å². The van der Waals surface area contributed by atoms with Gasteiger partial charge in [0.25, 0.3) is 5.89 Å². The van der Waals surface area contributed by atoms with E-state index in [4.69, 9.17) is 9.15 Å². The first-order valence-corrected chi connectivity index (χ1v) is 9.29. The summed E-state index contributed by atoms with van der Waals surface area (Å²) in [5.74, 6) is 1.16. The van der Waals surface area contributed by atoms with Gasteiger partial charge in [-0.1, -0.05) is 17.2 Å². The summed E-state index contributed by atoms with van der Waals surface area (Å²) in [5.41, 5.74) is 0.656. The monoisotopic (exact) mass is 387 g/mol. The lowest BCUT2D eigenvalue weighted by Gasteiger charge is -2.03. The second kappa shape index (κ2) is 9.18. The molecule has 0 radical (unpaired) electrons. The zero-order valence-corrected chi connectivity index (χ0v) is 15.5. The zero-order chi connectivity index (χ0) is 19.1. The lowest BCUT2D eigenvalue weighted by molar-refractivity contribution is -0.116. The van der Waals surface area contributed by atoms with E-state index in [1.165, 1.54) is 12.1 Å². The molecule has 8 heteroatoms. The van der Waals surface area contributed by atoms with Crippen LogP contribution in [-0.4, -0.2) is 29.0 Å². The first kappa shape index (κ1) is 18.9. The molecule has 1 N–H and O–H groups in total. The topological polar surface area (TPSA) is 77.3 Å². The lowest BCUT2D eigenvalue weighted by atomic mass is 10.2. The molecule has 6 nitrogen and oxygen atoms in total. The van der Waals surface area contributed by atoms with Crippen molar-refractivity contribution in [1.82, 2.24) is 10.2 Å². The van der Waals surface area contributed by atoms with E-state index in [9.17, 15) is 9.18 Å². The Bertz CT molecular complexity index is 899. The molecule has 0 unspecified atom stereocenters. The number of rotatable bonds is 8. The summed E-state index contributed by atoms with van der Waals surface area (Å²) in [5, 5.41) is 10.4. The molecule has 0 fully saturated rings. The molecular weight excluding hydrogens is 369 g/mol. The second-order valence-corrected chi connectivity index (χ2v) is 6.74. The van der Waals surface area contributed by atoms with Crippen LogP contribution in [0.4, 0.5) is 10.4 Å². The van der Waals surface area contributed by atoms with Crippen molar-refractivity contribution in [2.75, 3.05) is 18.2 Å². The van der Waals surface area contributed by atoms with Gasteiger partial charge in [-0.15, -0.1) is 16.9 Å². The first-order valence-electron chi connectivity index (χ1n) is 8.31. The summed E-state index contributed by atoms with van der Waals surface area (Å²) in [7, 11) is 1.56. The molecular formula is C19H18FN3O3S. The summed E-state index contributed by atoms with van der Waals surface area (Å²) in [6.07, 6.45) is 0.988. The van der Waals surface area contributed by atoms with Crippen LogP contribution in [0.25, 0.3) is 11.5 Å². The van der Waals surface area contributed by atoms with Crippen LogP contribution in [0.2, 0.25) is 0 Å². The van der Waals surface area contributed by atoms with E-state index in [0.29, 0.717) is 24.2 Å². The van der Waals surface area contributed by atoms with Crippen LogP contribution in [0.15, 0.2) is 57.8 Å². The van der Waals surface area contributed by atoms with E-state index in [1.54, 1.807) is 43.1 Å². The fourth-order valence-corrected chi connectivity index (χ4v) is 3.19. The number of hydrogen-bond donors (Lipinski definition) is 1. The molecule has 0 saturated heterocycles. The Morgan fingerprint density at radius 2 is 1.96 bits per heavy atom. The third-order valence-electron chi connectivity index (χ3n) is 3.64. The number of aromatic nitrogens is 2. The number of carbonyl (C=O) groups is 1. The Labute approximate surface area is 160 Å². The molecule has 0 aliphatic rings. The van der Waals surface area contributed by atoms with Gasteiger partial charge >= 0.3 is 6.01 Å². The van der Waals surface area contributed by atoms with Crippen LogP contribution in [0, 0.1) is 5.82 Å². The fourth-order valence-electron chi connectivity index (χ4n) is 2.34. The number of hydrogen-bond acceptors (Lipinski definition) is 6. The van der Waals surface area contributed by atoms with Gasteiger partial charge in [0.05, 0.1) is 12.7 Å². The van der Waals surface area contributed by atoms with Crippen molar-refractivity contribution in [2.45, 2.75) is 17.7 Å². The minimum Gasteiger partial charge on any atom is -0.496 e. The molecule has 3 aromatic rings. The number of anilines is 1. The van der Waals surface area contributed by atoms with Gasteiger partial charge in [-0.05, 0) is 48.6 Å². The van der Waals surface area contributed by atoms with Crippen molar-refractivity contribution in [1.29, 1.82) is 0 Å². The van der Waals surface area contributed by atoms with Gasteiger partial charge in [-0.25, -0.2) is 4.39 Å². The lowest BCUT2D eigenvalue weighted by Crippen LogP contribution is -2.11. The average Bonchev–Trinajstić information content (AvgIpc) is 3.14. The normalized spacial score (nSPS) is 10.6. The highest BCUT2D eigenvalue weighted by Gasteiger charge is 2.14. The standard InChI is InChI=1S/C19H18FN3O3S/c1-25-16-6-3-2-5-15(16)18-22-23-19(26-18)21-17(24)7-4-12-27-14-10-8-13(20)9-11-14/h2-3,5-6,8-11H,4,7,12H2,1H3,(H,21,23,24). The number of thioether (sulfide) groups is 1. The van der Waals surface area contributed by atoms with E-state index in [0.717, 1.165) is 10.6 Å². The maximum atomic E-state index is 12.9. The quantitative estimate of drug-likeness (QED) is 0.456. The van der Waals surface area contributed by atoms with E-state index in [1.807, 2.05) is 12.1 Å². The summed E-state index contributed by atoms with van der Waals surface area (Å²) >= 11 is 1.57. The number of methoxy groups -OCH3 is 1. The van der Waals surface area contributed by atoms with Crippen LogP contribution in [0.5, 0.6) is 5.75 Å². The van der Waals surface area contributed by atoms with Crippen LogP contribution in [0.3, 0.4) is 0 Å². The molecule has 2 aromatic carbocycles. The van der Waals surface area contributed by atoms with Crippen LogP contribution >= 0.6 is 11.8 Å². The number of carbonyl (C=O) groups excluding carboxylic acids is 1. The van der Waals surface area contributed by atoms with Crippen molar-refractivity contribution in [3.05, 3.63) is 54.3 Å². The number of ether oxygens (including phenoxy) is 1. The minimum absolute atomic E-state index is 0.0482.